The molecule has 0 bridgehead atoms. The van der Waals surface area contributed by atoms with Gasteiger partial charge in [0.1, 0.15) is 0 Å². The highest BCUT2D eigenvalue weighted by atomic mass is 32.2. The maximum atomic E-state index is 11.3. The second kappa shape index (κ2) is 4.99. The Kier molecular flexibility index (Phi) is 3.88. The lowest BCUT2D eigenvalue weighted by Gasteiger charge is -1.97. The summed E-state index contributed by atoms with van der Waals surface area (Å²) in [6.45, 7) is 2.02. The molecule has 1 rings (SSSR count). The van der Waals surface area contributed by atoms with Gasteiger partial charge in [-0.05, 0) is 6.42 Å². The zero-order valence-electron chi connectivity index (χ0n) is 6.99. The average molecular weight is 179 g/mol. The van der Waals surface area contributed by atoms with Crippen molar-refractivity contribution in [2.45, 2.75) is 13.3 Å². The molecule has 0 heterocycles. The van der Waals surface area contributed by atoms with Crippen molar-refractivity contribution in [2.75, 3.05) is 0 Å². The fraction of sp³-hybridized carbons (Fsp3) is 0.200. The predicted molar refractivity (Wildman–Crippen MR) is 53.0 cm³/mol. The van der Waals surface area contributed by atoms with Gasteiger partial charge in [-0.3, -0.25) is 4.79 Å². The minimum atomic E-state index is 0.123. The molecule has 0 atom stereocenters. The number of hydrogen-bond donors (Lipinski definition) is 0. The minimum Gasteiger partial charge on any atom is -0.282 e. The summed E-state index contributed by atoms with van der Waals surface area (Å²) in [7, 11) is 0. The Labute approximate surface area is 77.2 Å². The number of carbonyl (C=O) groups is 1. The molecule has 0 amide bonds. The molecule has 0 aliphatic carbocycles. The van der Waals surface area contributed by atoms with Gasteiger partial charge in [-0.15, -0.1) is 0 Å². The van der Waals surface area contributed by atoms with E-state index in [9.17, 15) is 4.79 Å². The Morgan fingerprint density at radius 1 is 1.42 bits per heavy atom. The second-order valence-electron chi connectivity index (χ2n) is 2.35. The van der Waals surface area contributed by atoms with Gasteiger partial charge in [0.05, 0.1) is 0 Å². The lowest BCUT2D eigenvalue weighted by molar-refractivity contribution is 0.108. The molecule has 0 N–H and O–H groups in total. The van der Waals surface area contributed by atoms with Gasteiger partial charge in [0.15, 0.2) is 0 Å². The third-order valence-corrected chi connectivity index (χ3v) is 2.32. The summed E-state index contributed by atoms with van der Waals surface area (Å²) in [6.07, 6.45) is 0.920. The molecule has 1 radical (unpaired) electrons. The second-order valence-corrected chi connectivity index (χ2v) is 3.29. The van der Waals surface area contributed by atoms with E-state index in [4.69, 9.17) is 0 Å². The van der Waals surface area contributed by atoms with E-state index in [2.05, 4.69) is 0 Å². The van der Waals surface area contributed by atoms with E-state index in [1.165, 1.54) is 11.8 Å². The number of thioether (sulfide) groups is 1. The van der Waals surface area contributed by atoms with E-state index < -0.39 is 0 Å². The monoisotopic (exact) mass is 179 g/mol. The van der Waals surface area contributed by atoms with E-state index in [0.717, 1.165) is 12.0 Å². The van der Waals surface area contributed by atoms with Crippen LogP contribution < -0.4 is 0 Å². The number of rotatable bonds is 3. The molecule has 1 aromatic carbocycles. The molecule has 12 heavy (non-hydrogen) atoms. The maximum Gasteiger partial charge on any atom is 0.219 e. The highest BCUT2D eigenvalue weighted by Crippen LogP contribution is 2.15. The summed E-state index contributed by atoms with van der Waals surface area (Å²) in [5.41, 5.74) is 0.771. The van der Waals surface area contributed by atoms with Gasteiger partial charge in [-0.2, -0.15) is 0 Å². The van der Waals surface area contributed by atoms with Crippen molar-refractivity contribution in [2.24, 2.45) is 0 Å². The van der Waals surface area contributed by atoms with Crippen molar-refractivity contribution in [3.05, 3.63) is 41.6 Å². The summed E-state index contributed by atoms with van der Waals surface area (Å²) in [5.74, 6) is 1.91. The Morgan fingerprint density at radius 2 is 2.08 bits per heavy atom. The van der Waals surface area contributed by atoms with Crippen LogP contribution in [0.15, 0.2) is 30.3 Å². The van der Waals surface area contributed by atoms with Crippen LogP contribution in [0.25, 0.3) is 0 Å². The molecule has 2 heteroatoms. The summed E-state index contributed by atoms with van der Waals surface area (Å²) < 4.78 is 0. The summed E-state index contributed by atoms with van der Waals surface area (Å²) in [5, 5.41) is 0.123. The van der Waals surface area contributed by atoms with Gasteiger partial charge in [0.2, 0.25) is 5.12 Å². The van der Waals surface area contributed by atoms with Crippen LogP contribution in [0, 0.1) is 5.75 Å². The van der Waals surface area contributed by atoms with Crippen molar-refractivity contribution in [1.82, 2.24) is 0 Å². The Hall–Kier alpha value is -0.760. The molecule has 63 valence electrons. The lowest BCUT2D eigenvalue weighted by atomic mass is 10.2. The van der Waals surface area contributed by atoms with E-state index in [-0.39, 0.29) is 5.12 Å². The van der Waals surface area contributed by atoms with Crippen LogP contribution in [-0.2, 0) is 0 Å². The minimum absolute atomic E-state index is 0.123. The third-order valence-electron chi connectivity index (χ3n) is 1.37. The number of carbonyl (C=O) groups excluding carboxylic acids is 1. The molecule has 0 saturated carbocycles. The fourth-order valence-corrected chi connectivity index (χ4v) is 1.39. The van der Waals surface area contributed by atoms with E-state index in [1.54, 1.807) is 0 Å². The molecule has 1 aromatic rings. The van der Waals surface area contributed by atoms with Crippen LogP contribution in [0.3, 0.4) is 0 Å². The molecular formula is C10H11OS. The van der Waals surface area contributed by atoms with Crippen molar-refractivity contribution < 1.29 is 4.79 Å². The first-order valence-corrected chi connectivity index (χ1v) is 4.80. The van der Waals surface area contributed by atoms with Crippen molar-refractivity contribution in [1.29, 1.82) is 0 Å². The standard InChI is InChI=1S/C10H11OS/c1-2-8-12-10(11)9-6-4-3-5-7-9/h3-8H,2H2,1H3. The zero-order valence-corrected chi connectivity index (χ0v) is 7.80. The van der Waals surface area contributed by atoms with Gasteiger partial charge in [-0.25, -0.2) is 0 Å². The smallest absolute Gasteiger partial charge is 0.219 e. The van der Waals surface area contributed by atoms with Crippen molar-refractivity contribution in [3.63, 3.8) is 0 Å². The van der Waals surface area contributed by atoms with Crippen LogP contribution in [0.2, 0.25) is 0 Å². The third kappa shape index (κ3) is 2.70. The first kappa shape index (κ1) is 9.33. The Balaban J connectivity index is 2.54. The maximum absolute atomic E-state index is 11.3. The molecule has 1 nitrogen and oxygen atoms in total. The highest BCUT2D eigenvalue weighted by Gasteiger charge is 2.03. The van der Waals surface area contributed by atoms with Crippen LogP contribution in [0.4, 0.5) is 0 Å². The van der Waals surface area contributed by atoms with Crippen LogP contribution in [-0.4, -0.2) is 5.12 Å². The summed E-state index contributed by atoms with van der Waals surface area (Å²) >= 11 is 1.27. The van der Waals surface area contributed by atoms with Gasteiger partial charge < -0.3 is 0 Å². The van der Waals surface area contributed by atoms with Gasteiger partial charge in [-0.1, -0.05) is 49.0 Å². The Morgan fingerprint density at radius 3 is 2.67 bits per heavy atom. The topological polar surface area (TPSA) is 17.1 Å². The van der Waals surface area contributed by atoms with Crippen molar-refractivity contribution >= 4 is 16.9 Å². The normalized spacial score (nSPS) is 9.75. The predicted octanol–water partition coefficient (Wildman–Crippen LogP) is 3.13. The first-order chi connectivity index (χ1) is 5.84. The molecule has 0 spiro atoms. The number of hydrogen-bond acceptors (Lipinski definition) is 2. The number of benzene rings is 1. The average Bonchev–Trinajstić information content (AvgIpc) is 2.15. The fourth-order valence-electron chi connectivity index (χ4n) is 0.801. The molecule has 0 aliphatic rings. The Bertz CT molecular complexity index is 243. The van der Waals surface area contributed by atoms with E-state index >= 15 is 0 Å². The summed E-state index contributed by atoms with van der Waals surface area (Å²) in [6, 6.07) is 9.32. The zero-order chi connectivity index (χ0) is 8.81. The van der Waals surface area contributed by atoms with Gasteiger partial charge in [0.25, 0.3) is 0 Å². The SMILES string of the molecule is CC[CH]SC(=O)c1ccccc1. The largest absolute Gasteiger partial charge is 0.282 e. The van der Waals surface area contributed by atoms with Gasteiger partial charge in [0, 0.05) is 11.3 Å². The molecular weight excluding hydrogens is 168 g/mol. The molecule has 0 fully saturated rings. The molecule has 0 saturated heterocycles. The van der Waals surface area contributed by atoms with E-state index in [1.807, 2.05) is 43.0 Å². The molecule has 0 aromatic heterocycles. The quantitative estimate of drug-likeness (QED) is 0.709. The van der Waals surface area contributed by atoms with E-state index in [0.29, 0.717) is 0 Å². The molecule has 0 aliphatic heterocycles. The van der Waals surface area contributed by atoms with Crippen LogP contribution >= 0.6 is 11.8 Å². The summed E-state index contributed by atoms with van der Waals surface area (Å²) in [4.78, 5) is 11.3. The van der Waals surface area contributed by atoms with Gasteiger partial charge >= 0.3 is 0 Å². The van der Waals surface area contributed by atoms with Crippen molar-refractivity contribution in [3.8, 4) is 0 Å². The van der Waals surface area contributed by atoms with Crippen LogP contribution in [0.5, 0.6) is 0 Å². The highest BCUT2D eigenvalue weighted by molar-refractivity contribution is 8.15. The van der Waals surface area contributed by atoms with Crippen LogP contribution in [0.1, 0.15) is 23.7 Å². The molecule has 0 unspecified atom stereocenters. The first-order valence-electron chi connectivity index (χ1n) is 3.92. The lowest BCUT2D eigenvalue weighted by Crippen LogP contribution is -1.91.